The minimum absolute atomic E-state index is 0.167. The standard InChI is InChI=1S/C19H38O3Si/c1-15-10-11-16(18(2,3)4)14-19(15,22-23(7,8)9)13-12-17(20-5)21-6/h16-17H,1,10-14H2,2-9H3/t16-,19-/m1/s1. The summed E-state index contributed by atoms with van der Waals surface area (Å²) in [5.74, 6) is 0.660. The van der Waals surface area contributed by atoms with Gasteiger partial charge in [0.25, 0.3) is 0 Å². The third-order valence-corrected chi connectivity index (χ3v) is 6.05. The molecular formula is C19H38O3Si. The van der Waals surface area contributed by atoms with Crippen molar-refractivity contribution in [3.63, 3.8) is 0 Å². The lowest BCUT2D eigenvalue weighted by molar-refractivity contribution is -0.116. The van der Waals surface area contributed by atoms with Gasteiger partial charge in [-0.05, 0) is 62.2 Å². The molecule has 0 amide bonds. The van der Waals surface area contributed by atoms with E-state index in [9.17, 15) is 0 Å². The van der Waals surface area contributed by atoms with Crippen LogP contribution in [0.25, 0.3) is 0 Å². The normalized spacial score (nSPS) is 26.8. The molecule has 0 bridgehead atoms. The third kappa shape index (κ3) is 6.00. The molecule has 23 heavy (non-hydrogen) atoms. The van der Waals surface area contributed by atoms with Crippen LogP contribution >= 0.6 is 0 Å². The summed E-state index contributed by atoms with van der Waals surface area (Å²) in [7, 11) is 1.72. The average Bonchev–Trinajstić information content (AvgIpc) is 2.40. The van der Waals surface area contributed by atoms with Gasteiger partial charge in [0.1, 0.15) is 0 Å². The number of hydrogen-bond donors (Lipinski definition) is 0. The Kier molecular flexibility index (Phi) is 7.09. The van der Waals surface area contributed by atoms with E-state index in [1.165, 1.54) is 12.0 Å². The molecule has 1 saturated carbocycles. The van der Waals surface area contributed by atoms with E-state index in [2.05, 4.69) is 47.0 Å². The Bertz CT molecular complexity index is 390. The molecule has 0 N–H and O–H groups in total. The van der Waals surface area contributed by atoms with E-state index in [1.54, 1.807) is 14.2 Å². The van der Waals surface area contributed by atoms with Gasteiger partial charge in [-0.15, -0.1) is 0 Å². The summed E-state index contributed by atoms with van der Waals surface area (Å²) in [4.78, 5) is 0. The van der Waals surface area contributed by atoms with Gasteiger partial charge in [0.05, 0.1) is 5.60 Å². The Hall–Kier alpha value is -0.163. The lowest BCUT2D eigenvalue weighted by Crippen LogP contribution is -2.49. The summed E-state index contributed by atoms with van der Waals surface area (Å²) in [6, 6.07) is 0. The molecule has 1 aliphatic carbocycles. The molecule has 4 heteroatoms. The van der Waals surface area contributed by atoms with E-state index in [0.717, 1.165) is 25.7 Å². The number of ether oxygens (including phenoxy) is 2. The Morgan fingerprint density at radius 1 is 1.22 bits per heavy atom. The molecule has 0 aliphatic heterocycles. The third-order valence-electron chi connectivity index (χ3n) is 5.05. The van der Waals surface area contributed by atoms with E-state index in [1.807, 2.05) is 0 Å². The van der Waals surface area contributed by atoms with Crippen LogP contribution in [-0.2, 0) is 13.9 Å². The van der Waals surface area contributed by atoms with Crippen molar-refractivity contribution in [1.29, 1.82) is 0 Å². The zero-order chi connectivity index (χ0) is 17.9. The predicted octanol–water partition coefficient (Wildman–Crippen LogP) is 5.38. The van der Waals surface area contributed by atoms with Crippen LogP contribution in [0.5, 0.6) is 0 Å². The van der Waals surface area contributed by atoms with Crippen molar-refractivity contribution in [2.45, 2.75) is 84.4 Å². The highest BCUT2D eigenvalue weighted by molar-refractivity contribution is 6.69. The van der Waals surface area contributed by atoms with Crippen LogP contribution in [0, 0.1) is 11.3 Å². The summed E-state index contributed by atoms with van der Waals surface area (Å²) < 4.78 is 17.6. The molecule has 0 saturated heterocycles. The van der Waals surface area contributed by atoms with E-state index in [4.69, 9.17) is 13.9 Å². The minimum atomic E-state index is -1.68. The fourth-order valence-corrected chi connectivity index (χ4v) is 5.17. The van der Waals surface area contributed by atoms with E-state index in [0.29, 0.717) is 11.3 Å². The fourth-order valence-electron chi connectivity index (χ4n) is 3.67. The van der Waals surface area contributed by atoms with Crippen LogP contribution < -0.4 is 0 Å². The summed E-state index contributed by atoms with van der Waals surface area (Å²) >= 11 is 0. The Balaban J connectivity index is 3.03. The molecule has 0 aromatic carbocycles. The van der Waals surface area contributed by atoms with E-state index >= 15 is 0 Å². The average molecular weight is 343 g/mol. The zero-order valence-corrected chi connectivity index (χ0v) is 17.6. The number of methoxy groups -OCH3 is 2. The fraction of sp³-hybridized carbons (Fsp3) is 0.895. The van der Waals surface area contributed by atoms with Crippen molar-refractivity contribution in [2.24, 2.45) is 11.3 Å². The van der Waals surface area contributed by atoms with Gasteiger partial charge < -0.3 is 13.9 Å². The van der Waals surface area contributed by atoms with Gasteiger partial charge in [-0.3, -0.25) is 0 Å². The van der Waals surface area contributed by atoms with E-state index < -0.39 is 8.32 Å². The molecule has 1 aliphatic rings. The molecule has 136 valence electrons. The van der Waals surface area contributed by atoms with Crippen LogP contribution in [0.2, 0.25) is 19.6 Å². The predicted molar refractivity (Wildman–Crippen MR) is 100 cm³/mol. The first-order chi connectivity index (χ1) is 10.4. The van der Waals surface area contributed by atoms with Crippen LogP contribution in [0.4, 0.5) is 0 Å². The lowest BCUT2D eigenvalue weighted by Gasteiger charge is -2.49. The highest BCUT2D eigenvalue weighted by Gasteiger charge is 2.45. The molecule has 2 atom stereocenters. The Morgan fingerprint density at radius 2 is 1.78 bits per heavy atom. The van der Waals surface area contributed by atoms with Crippen LogP contribution in [0.1, 0.15) is 52.9 Å². The van der Waals surface area contributed by atoms with Gasteiger partial charge in [0.15, 0.2) is 14.6 Å². The van der Waals surface area contributed by atoms with Crippen molar-refractivity contribution in [3.05, 3.63) is 12.2 Å². The van der Waals surface area contributed by atoms with E-state index in [-0.39, 0.29) is 11.9 Å². The maximum atomic E-state index is 6.77. The summed E-state index contributed by atoms with van der Waals surface area (Å²) in [6.07, 6.45) is 4.95. The van der Waals surface area contributed by atoms with Gasteiger partial charge in [-0.2, -0.15) is 0 Å². The molecular weight excluding hydrogens is 304 g/mol. The van der Waals surface area contributed by atoms with Gasteiger partial charge >= 0.3 is 0 Å². The molecule has 0 unspecified atom stereocenters. The molecule has 0 aromatic rings. The van der Waals surface area contributed by atoms with Crippen LogP contribution in [0.15, 0.2) is 12.2 Å². The zero-order valence-electron chi connectivity index (χ0n) is 16.6. The second-order valence-corrected chi connectivity index (χ2v) is 13.5. The van der Waals surface area contributed by atoms with Crippen molar-refractivity contribution in [3.8, 4) is 0 Å². The van der Waals surface area contributed by atoms with Crippen LogP contribution in [-0.4, -0.2) is 34.4 Å². The molecule has 0 aromatic heterocycles. The molecule has 3 nitrogen and oxygen atoms in total. The Labute approximate surface area is 144 Å². The SMILES string of the molecule is C=C1CC[C@@H](C(C)(C)C)C[C@@]1(CCC(OC)OC)O[Si](C)(C)C. The maximum absolute atomic E-state index is 6.77. The smallest absolute Gasteiger partial charge is 0.184 e. The topological polar surface area (TPSA) is 27.7 Å². The summed E-state index contributed by atoms with van der Waals surface area (Å²) in [5.41, 5.74) is 1.36. The molecule has 0 radical (unpaired) electrons. The van der Waals surface area contributed by atoms with Crippen molar-refractivity contribution in [2.75, 3.05) is 14.2 Å². The van der Waals surface area contributed by atoms with Crippen LogP contribution in [0.3, 0.4) is 0 Å². The van der Waals surface area contributed by atoms with Gasteiger partial charge in [0, 0.05) is 20.6 Å². The summed E-state index contributed by atoms with van der Waals surface area (Å²) in [6.45, 7) is 18.3. The minimum Gasteiger partial charge on any atom is -0.408 e. The van der Waals surface area contributed by atoms with Crippen molar-refractivity contribution >= 4 is 8.32 Å². The van der Waals surface area contributed by atoms with Crippen molar-refractivity contribution in [1.82, 2.24) is 0 Å². The monoisotopic (exact) mass is 342 g/mol. The first-order valence-corrected chi connectivity index (χ1v) is 12.3. The summed E-state index contributed by atoms with van der Waals surface area (Å²) in [5, 5.41) is 0. The first kappa shape index (κ1) is 20.9. The molecule has 1 fully saturated rings. The number of hydrogen-bond acceptors (Lipinski definition) is 3. The van der Waals surface area contributed by atoms with Gasteiger partial charge in [-0.1, -0.05) is 27.4 Å². The quantitative estimate of drug-likeness (QED) is 0.353. The first-order valence-electron chi connectivity index (χ1n) is 8.87. The maximum Gasteiger partial charge on any atom is 0.184 e. The number of rotatable bonds is 7. The Morgan fingerprint density at radius 3 is 2.22 bits per heavy atom. The second-order valence-electron chi connectivity index (χ2n) is 9.06. The van der Waals surface area contributed by atoms with Gasteiger partial charge in [-0.25, -0.2) is 0 Å². The molecule has 1 rings (SSSR count). The molecule has 0 spiro atoms. The highest BCUT2D eigenvalue weighted by atomic mass is 28.4. The molecule has 0 heterocycles. The largest absolute Gasteiger partial charge is 0.408 e. The second kappa shape index (κ2) is 7.81. The van der Waals surface area contributed by atoms with Crippen molar-refractivity contribution < 1.29 is 13.9 Å². The highest BCUT2D eigenvalue weighted by Crippen LogP contribution is 2.48. The van der Waals surface area contributed by atoms with Gasteiger partial charge in [0.2, 0.25) is 0 Å². The lowest BCUT2D eigenvalue weighted by atomic mass is 9.65.